The first-order valence-corrected chi connectivity index (χ1v) is 3.41. The fourth-order valence-corrected chi connectivity index (χ4v) is 0.500. The molecular weight excluding hydrogens is 96.1 g/mol. The van der Waals surface area contributed by atoms with E-state index in [4.69, 9.17) is 0 Å². The quantitative estimate of drug-likeness (QED) is 0.390. The van der Waals surface area contributed by atoms with E-state index in [0.29, 0.717) is 0 Å². The SMILES string of the molecule is C=C.CCCCCC.[H+]. The smallest absolute Gasteiger partial charge is 0.106 e. The predicted molar refractivity (Wildman–Crippen MR) is 42.2 cm³/mol. The van der Waals surface area contributed by atoms with Crippen LogP contribution in [0.2, 0.25) is 0 Å². The Balaban J connectivity index is -0.000000109. The molecule has 50 valence electrons. The number of hydrogen-bond acceptors (Lipinski definition) is 0. The van der Waals surface area contributed by atoms with Gasteiger partial charge in [-0.25, -0.2) is 0 Å². The van der Waals surface area contributed by atoms with Gasteiger partial charge in [-0.05, 0) is 0 Å². The van der Waals surface area contributed by atoms with Crippen molar-refractivity contribution in [3.05, 3.63) is 13.2 Å². The van der Waals surface area contributed by atoms with E-state index in [1.807, 2.05) is 0 Å². The summed E-state index contributed by atoms with van der Waals surface area (Å²) >= 11 is 0. The van der Waals surface area contributed by atoms with E-state index in [9.17, 15) is 0 Å². The molecule has 0 fully saturated rings. The third-order valence-electron chi connectivity index (χ3n) is 0.957. The maximum atomic E-state index is 3.00. The van der Waals surface area contributed by atoms with Gasteiger partial charge < -0.3 is 0 Å². The highest BCUT2D eigenvalue weighted by Gasteiger charge is 1.75. The second kappa shape index (κ2) is 15.9. The molecule has 0 saturated carbocycles. The summed E-state index contributed by atoms with van der Waals surface area (Å²) in [5.41, 5.74) is 0. The van der Waals surface area contributed by atoms with Crippen LogP contribution in [-0.4, -0.2) is 0 Å². The molecule has 0 saturated heterocycles. The molecule has 0 aromatic heterocycles. The molecule has 0 heteroatoms. The molecule has 0 aliphatic rings. The van der Waals surface area contributed by atoms with Crippen LogP contribution in [0.15, 0.2) is 13.2 Å². The zero-order chi connectivity index (χ0) is 6.83. The van der Waals surface area contributed by atoms with E-state index in [0.717, 1.165) is 0 Å². The lowest BCUT2D eigenvalue weighted by atomic mass is 10.2. The minimum absolute atomic E-state index is 0. The van der Waals surface area contributed by atoms with Crippen molar-refractivity contribution >= 4 is 0 Å². The molecule has 0 rings (SSSR count). The lowest BCUT2D eigenvalue weighted by molar-refractivity contribution is 0.702. The first kappa shape index (κ1) is 10.7. The molecule has 0 radical (unpaired) electrons. The Labute approximate surface area is 55.1 Å². The molecule has 8 heavy (non-hydrogen) atoms. The predicted octanol–water partition coefficient (Wildman–Crippen LogP) is 3.50. The Morgan fingerprint density at radius 2 is 1.25 bits per heavy atom. The monoisotopic (exact) mass is 115 g/mol. The Hall–Kier alpha value is -0.260. The lowest BCUT2D eigenvalue weighted by Gasteiger charge is -1.86. The standard InChI is InChI=1S/C6H14.C2H4/c1-3-5-6-4-2;1-2/h3-6H2,1-2H3;1-2H2/p+1. The van der Waals surface area contributed by atoms with E-state index in [1.165, 1.54) is 25.7 Å². The van der Waals surface area contributed by atoms with Crippen LogP contribution in [0.4, 0.5) is 0 Å². The fraction of sp³-hybridized carbons (Fsp3) is 0.750. The highest BCUT2D eigenvalue weighted by Crippen LogP contribution is 1.95. The van der Waals surface area contributed by atoms with Crippen molar-refractivity contribution in [2.24, 2.45) is 0 Å². The van der Waals surface area contributed by atoms with Crippen LogP contribution in [0.25, 0.3) is 0 Å². The molecule has 0 unspecified atom stereocenters. The van der Waals surface area contributed by atoms with Crippen LogP contribution in [0.1, 0.15) is 41.0 Å². The maximum Gasteiger partial charge on any atom is 1.00 e. The van der Waals surface area contributed by atoms with Gasteiger partial charge in [0.2, 0.25) is 0 Å². The topological polar surface area (TPSA) is 0 Å². The van der Waals surface area contributed by atoms with Gasteiger partial charge in [0, 0.05) is 0 Å². The van der Waals surface area contributed by atoms with Gasteiger partial charge in [-0.2, -0.15) is 0 Å². The molecule has 0 nitrogen and oxygen atoms in total. The molecule has 0 heterocycles. The first-order valence-electron chi connectivity index (χ1n) is 3.41. The molecule has 0 atom stereocenters. The zero-order valence-corrected chi connectivity index (χ0v) is 6.24. The average Bonchev–Trinajstić information content (AvgIpc) is 1.88. The maximum absolute atomic E-state index is 3.00. The number of unbranched alkanes of at least 4 members (excludes halogenated alkanes) is 3. The Morgan fingerprint density at radius 3 is 1.38 bits per heavy atom. The van der Waals surface area contributed by atoms with E-state index >= 15 is 0 Å². The van der Waals surface area contributed by atoms with Gasteiger partial charge >= 0.3 is 1.43 Å². The summed E-state index contributed by atoms with van der Waals surface area (Å²) in [4.78, 5) is 0. The summed E-state index contributed by atoms with van der Waals surface area (Å²) < 4.78 is 0. The molecule has 0 amide bonds. The second-order valence-corrected chi connectivity index (χ2v) is 1.71. The molecule has 0 aromatic carbocycles. The van der Waals surface area contributed by atoms with Gasteiger partial charge in [0.05, 0.1) is 0 Å². The van der Waals surface area contributed by atoms with Gasteiger partial charge in [0.25, 0.3) is 0 Å². The molecule has 0 aliphatic carbocycles. The number of hydrogen-bond donors (Lipinski definition) is 0. The van der Waals surface area contributed by atoms with Crippen molar-refractivity contribution in [3.63, 3.8) is 0 Å². The van der Waals surface area contributed by atoms with Crippen molar-refractivity contribution in [3.8, 4) is 0 Å². The second-order valence-electron chi connectivity index (χ2n) is 1.71. The van der Waals surface area contributed by atoms with E-state index < -0.39 is 0 Å². The molecule has 0 spiro atoms. The summed E-state index contributed by atoms with van der Waals surface area (Å²) in [7, 11) is 0. The van der Waals surface area contributed by atoms with E-state index in [2.05, 4.69) is 27.0 Å². The Bertz CT molecular complexity index is 23.7. The van der Waals surface area contributed by atoms with Crippen LogP contribution in [0, 0.1) is 0 Å². The van der Waals surface area contributed by atoms with Crippen molar-refractivity contribution < 1.29 is 1.43 Å². The highest BCUT2D eigenvalue weighted by molar-refractivity contribution is 4.31. The zero-order valence-electron chi connectivity index (χ0n) is 7.24. The van der Waals surface area contributed by atoms with Gasteiger partial charge in [0.15, 0.2) is 0 Å². The summed E-state index contributed by atoms with van der Waals surface area (Å²) in [5.74, 6) is 0. The minimum atomic E-state index is 0. The van der Waals surface area contributed by atoms with Crippen LogP contribution in [-0.2, 0) is 0 Å². The lowest BCUT2D eigenvalue weighted by Crippen LogP contribution is -1.66. The molecule has 0 N–H and O–H groups in total. The van der Waals surface area contributed by atoms with Crippen LogP contribution in [0.5, 0.6) is 0 Å². The third-order valence-corrected chi connectivity index (χ3v) is 0.957. The third kappa shape index (κ3) is 17.2. The minimum Gasteiger partial charge on any atom is -0.106 e. The Kier molecular flexibility index (Phi) is 21.2. The van der Waals surface area contributed by atoms with Crippen LogP contribution in [0.3, 0.4) is 0 Å². The molecule has 0 aromatic rings. The van der Waals surface area contributed by atoms with Gasteiger partial charge in [-0.15, -0.1) is 13.2 Å². The molecule has 0 aliphatic heterocycles. The summed E-state index contributed by atoms with van der Waals surface area (Å²) in [6.07, 6.45) is 5.54. The van der Waals surface area contributed by atoms with Gasteiger partial charge in [-0.1, -0.05) is 39.5 Å². The molecular formula is C8H19+. The van der Waals surface area contributed by atoms with Gasteiger partial charge in [-0.3, -0.25) is 0 Å². The van der Waals surface area contributed by atoms with Crippen LogP contribution >= 0.6 is 0 Å². The van der Waals surface area contributed by atoms with Crippen molar-refractivity contribution in [2.45, 2.75) is 39.5 Å². The number of rotatable bonds is 3. The normalized spacial score (nSPS) is 7.25. The van der Waals surface area contributed by atoms with Crippen LogP contribution < -0.4 is 0 Å². The fourth-order valence-electron chi connectivity index (χ4n) is 0.500. The summed E-state index contributed by atoms with van der Waals surface area (Å²) in [6.45, 7) is 10.5. The average molecular weight is 115 g/mol. The first-order chi connectivity index (χ1) is 3.91. The Morgan fingerprint density at radius 1 is 1.00 bits per heavy atom. The largest absolute Gasteiger partial charge is 1.00 e. The van der Waals surface area contributed by atoms with Gasteiger partial charge in [0.1, 0.15) is 0 Å². The van der Waals surface area contributed by atoms with Crippen molar-refractivity contribution in [1.82, 2.24) is 0 Å². The van der Waals surface area contributed by atoms with Crippen molar-refractivity contribution in [2.75, 3.05) is 0 Å². The molecule has 0 bridgehead atoms. The highest BCUT2D eigenvalue weighted by atomic mass is 13.8. The van der Waals surface area contributed by atoms with E-state index in [1.54, 1.807) is 0 Å². The van der Waals surface area contributed by atoms with E-state index in [-0.39, 0.29) is 1.43 Å². The van der Waals surface area contributed by atoms with Crippen molar-refractivity contribution in [1.29, 1.82) is 0 Å². The summed E-state index contributed by atoms with van der Waals surface area (Å²) in [6, 6.07) is 0. The summed E-state index contributed by atoms with van der Waals surface area (Å²) in [5, 5.41) is 0.